The van der Waals surface area contributed by atoms with Gasteiger partial charge in [-0.3, -0.25) is 0 Å². The van der Waals surface area contributed by atoms with Crippen molar-refractivity contribution in [2.24, 2.45) is 0 Å². The van der Waals surface area contributed by atoms with Crippen LogP contribution in [0.15, 0.2) is 133 Å². The molecule has 160 valence electrons. The molecule has 1 heterocycles. The highest BCUT2D eigenvalue weighted by Crippen LogP contribution is 2.43. The molecule has 0 N–H and O–H groups in total. The van der Waals surface area contributed by atoms with E-state index in [4.69, 9.17) is 10.2 Å². The summed E-state index contributed by atoms with van der Waals surface area (Å²) in [7, 11) is 0. The average molecular weight is 435 g/mol. The van der Waals surface area contributed by atoms with Crippen LogP contribution in [0.1, 0.15) is 0 Å². The van der Waals surface area contributed by atoms with Crippen molar-refractivity contribution in [1.29, 1.82) is 0 Å². The summed E-state index contributed by atoms with van der Waals surface area (Å²) in [6.45, 7) is 0. The van der Waals surface area contributed by atoms with E-state index < -0.39 is 0 Å². The molecule has 2 heteroatoms. The molecule has 34 heavy (non-hydrogen) atoms. The summed E-state index contributed by atoms with van der Waals surface area (Å²) in [6.07, 6.45) is 0. The highest BCUT2D eigenvalue weighted by Gasteiger charge is 2.20. The molecule has 0 saturated heterocycles. The first kappa shape index (κ1) is 20.1. The van der Waals surface area contributed by atoms with Gasteiger partial charge in [-0.25, -0.2) is 0 Å². The molecule has 0 spiro atoms. The maximum Gasteiger partial charge on any atom is 0.101 e. The largest absolute Gasteiger partial charge is 0.149 e. The van der Waals surface area contributed by atoms with Gasteiger partial charge >= 0.3 is 0 Å². The fourth-order valence-corrected chi connectivity index (χ4v) is 4.61. The highest BCUT2D eigenvalue weighted by molar-refractivity contribution is 6.15. The molecule has 0 saturated carbocycles. The molecule has 0 amide bonds. The van der Waals surface area contributed by atoms with Gasteiger partial charge in [-0.05, 0) is 22.3 Å². The molecule has 0 atom stereocenters. The van der Waals surface area contributed by atoms with E-state index in [1.54, 1.807) is 0 Å². The van der Waals surface area contributed by atoms with Crippen molar-refractivity contribution in [3.05, 3.63) is 133 Å². The Labute approximate surface area is 199 Å². The summed E-state index contributed by atoms with van der Waals surface area (Å²) >= 11 is 0. The Kier molecular flexibility index (Phi) is 5.17. The van der Waals surface area contributed by atoms with Gasteiger partial charge in [0, 0.05) is 21.9 Å². The number of nitrogens with zero attached hydrogens (tertiary/aromatic N) is 2. The second kappa shape index (κ2) is 8.76. The molecular formula is C32H22N2. The van der Waals surface area contributed by atoms with E-state index in [0.29, 0.717) is 0 Å². The van der Waals surface area contributed by atoms with E-state index in [-0.39, 0.29) is 0 Å². The summed E-state index contributed by atoms with van der Waals surface area (Å²) in [5.41, 5.74) is 8.54. The molecule has 0 bridgehead atoms. The summed E-state index contributed by atoms with van der Waals surface area (Å²) in [6, 6.07) is 46.2. The van der Waals surface area contributed by atoms with Crippen molar-refractivity contribution in [3.63, 3.8) is 0 Å². The van der Waals surface area contributed by atoms with Crippen LogP contribution in [0.5, 0.6) is 0 Å². The molecule has 0 aliphatic heterocycles. The van der Waals surface area contributed by atoms with Gasteiger partial charge in [-0.1, -0.05) is 133 Å². The van der Waals surface area contributed by atoms with Gasteiger partial charge in [0.2, 0.25) is 0 Å². The molecule has 6 rings (SSSR count). The number of hydrogen-bond acceptors (Lipinski definition) is 2. The third-order valence-electron chi connectivity index (χ3n) is 6.19. The monoisotopic (exact) mass is 434 g/mol. The number of fused-ring (bicyclic) bond motifs is 1. The predicted octanol–water partition coefficient (Wildman–Crippen LogP) is 8.30. The quantitative estimate of drug-likeness (QED) is 0.279. The van der Waals surface area contributed by atoms with Crippen LogP contribution in [0.3, 0.4) is 0 Å². The minimum absolute atomic E-state index is 0.895. The second-order valence-electron chi connectivity index (χ2n) is 8.27. The van der Waals surface area contributed by atoms with Crippen molar-refractivity contribution < 1.29 is 0 Å². The first-order valence-electron chi connectivity index (χ1n) is 11.5. The number of benzene rings is 5. The first-order chi connectivity index (χ1) is 16.9. The predicted molar refractivity (Wildman–Crippen MR) is 141 cm³/mol. The Balaban J connectivity index is 1.80. The van der Waals surface area contributed by atoms with E-state index in [0.717, 1.165) is 55.5 Å². The average Bonchev–Trinajstić information content (AvgIpc) is 2.94. The second-order valence-corrected chi connectivity index (χ2v) is 8.27. The summed E-state index contributed by atoms with van der Waals surface area (Å²) < 4.78 is 0. The summed E-state index contributed by atoms with van der Waals surface area (Å²) in [4.78, 5) is 0. The summed E-state index contributed by atoms with van der Waals surface area (Å²) in [5.74, 6) is 0. The lowest BCUT2D eigenvalue weighted by molar-refractivity contribution is 1.06. The molecule has 0 aliphatic rings. The van der Waals surface area contributed by atoms with Gasteiger partial charge in [0.25, 0.3) is 0 Å². The van der Waals surface area contributed by atoms with Crippen LogP contribution < -0.4 is 0 Å². The van der Waals surface area contributed by atoms with E-state index in [1.165, 1.54) is 0 Å². The molecule has 0 unspecified atom stereocenters. The molecular weight excluding hydrogens is 412 g/mol. The van der Waals surface area contributed by atoms with Crippen LogP contribution >= 0.6 is 0 Å². The van der Waals surface area contributed by atoms with Crippen LogP contribution in [0.2, 0.25) is 0 Å². The van der Waals surface area contributed by atoms with Crippen LogP contribution in [-0.4, -0.2) is 10.2 Å². The van der Waals surface area contributed by atoms with Gasteiger partial charge in [0.15, 0.2) is 0 Å². The van der Waals surface area contributed by atoms with Crippen molar-refractivity contribution in [2.45, 2.75) is 0 Å². The number of rotatable bonds is 4. The fraction of sp³-hybridized carbons (Fsp3) is 0. The summed E-state index contributed by atoms with van der Waals surface area (Å²) in [5, 5.41) is 11.9. The molecule has 0 fully saturated rings. The molecule has 6 aromatic rings. The van der Waals surface area contributed by atoms with E-state index in [1.807, 2.05) is 12.1 Å². The lowest BCUT2D eigenvalue weighted by Gasteiger charge is -2.18. The lowest BCUT2D eigenvalue weighted by atomic mass is 9.88. The smallest absolute Gasteiger partial charge is 0.101 e. The van der Waals surface area contributed by atoms with Gasteiger partial charge in [-0.15, -0.1) is 10.2 Å². The van der Waals surface area contributed by atoms with Crippen molar-refractivity contribution in [2.75, 3.05) is 0 Å². The molecule has 0 radical (unpaired) electrons. The highest BCUT2D eigenvalue weighted by atomic mass is 15.1. The van der Waals surface area contributed by atoms with Crippen LogP contribution in [0.4, 0.5) is 0 Å². The molecule has 2 nitrogen and oxygen atoms in total. The molecule has 0 aliphatic carbocycles. The minimum atomic E-state index is 0.895. The Bertz CT molecular complexity index is 1320. The Morgan fingerprint density at radius 1 is 0.294 bits per heavy atom. The fourth-order valence-electron chi connectivity index (χ4n) is 4.61. The third-order valence-corrected chi connectivity index (χ3v) is 6.19. The molecule has 5 aromatic carbocycles. The third kappa shape index (κ3) is 3.56. The van der Waals surface area contributed by atoms with E-state index in [2.05, 4.69) is 121 Å². The van der Waals surface area contributed by atoms with Crippen LogP contribution in [0.25, 0.3) is 55.5 Å². The standard InChI is InChI=1S/C32H22N2/c1-5-13-23(14-6-1)27-21-22-28(24-15-7-2-8-16-24)30-29(27)31(25-17-9-3-10-18-25)33-34-32(30)26-19-11-4-12-20-26/h1-22H. The maximum absolute atomic E-state index is 4.82. The Morgan fingerprint density at radius 3 is 0.912 bits per heavy atom. The first-order valence-corrected chi connectivity index (χ1v) is 11.5. The van der Waals surface area contributed by atoms with Gasteiger partial charge in [0.05, 0.1) is 0 Å². The number of hydrogen-bond donors (Lipinski definition) is 0. The zero-order chi connectivity index (χ0) is 22.7. The SMILES string of the molecule is c1ccc(-c2ccc(-c3ccccc3)c3c(-c4ccccc4)nnc(-c4ccccc4)c23)cc1. The maximum atomic E-state index is 4.82. The van der Waals surface area contributed by atoms with Gasteiger partial charge in [0.1, 0.15) is 11.4 Å². The van der Waals surface area contributed by atoms with Crippen LogP contribution in [0, 0.1) is 0 Å². The van der Waals surface area contributed by atoms with Crippen molar-refractivity contribution in [1.82, 2.24) is 10.2 Å². The Morgan fingerprint density at radius 2 is 0.588 bits per heavy atom. The van der Waals surface area contributed by atoms with Gasteiger partial charge < -0.3 is 0 Å². The zero-order valence-electron chi connectivity index (χ0n) is 18.6. The van der Waals surface area contributed by atoms with Gasteiger partial charge in [-0.2, -0.15) is 0 Å². The van der Waals surface area contributed by atoms with Crippen molar-refractivity contribution >= 4 is 10.8 Å². The topological polar surface area (TPSA) is 25.8 Å². The van der Waals surface area contributed by atoms with Crippen LogP contribution in [-0.2, 0) is 0 Å². The molecule has 1 aromatic heterocycles. The number of aromatic nitrogens is 2. The normalized spacial score (nSPS) is 10.9. The Hall–Kier alpha value is -4.56. The minimum Gasteiger partial charge on any atom is -0.149 e. The lowest BCUT2D eigenvalue weighted by Crippen LogP contribution is -1.98. The van der Waals surface area contributed by atoms with E-state index in [9.17, 15) is 0 Å². The van der Waals surface area contributed by atoms with E-state index >= 15 is 0 Å². The zero-order valence-corrected chi connectivity index (χ0v) is 18.6. The van der Waals surface area contributed by atoms with Crippen molar-refractivity contribution in [3.8, 4) is 44.8 Å².